The lowest BCUT2D eigenvalue weighted by Gasteiger charge is -2.35. The van der Waals surface area contributed by atoms with E-state index in [1.54, 1.807) is 12.1 Å². The van der Waals surface area contributed by atoms with Gasteiger partial charge in [-0.1, -0.05) is 13.8 Å². The fraction of sp³-hybridized carbons (Fsp3) is 0.600. The highest BCUT2D eigenvalue weighted by atomic mass is 19.1. The molecule has 0 aliphatic carbocycles. The quantitative estimate of drug-likeness (QED) is 0.883. The maximum absolute atomic E-state index is 12.8. The molecule has 106 valence electrons. The molecule has 0 aromatic heterocycles. The highest BCUT2D eigenvalue weighted by Gasteiger charge is 2.23. The van der Waals surface area contributed by atoms with Crippen molar-refractivity contribution in [3.8, 4) is 5.75 Å². The maximum atomic E-state index is 12.8. The van der Waals surface area contributed by atoms with Gasteiger partial charge in [0.1, 0.15) is 11.6 Å². The topological polar surface area (TPSA) is 24.5 Å². The van der Waals surface area contributed by atoms with E-state index in [0.717, 1.165) is 38.5 Å². The summed E-state index contributed by atoms with van der Waals surface area (Å²) in [7, 11) is 0. The maximum Gasteiger partial charge on any atom is 0.123 e. The van der Waals surface area contributed by atoms with E-state index in [-0.39, 0.29) is 11.2 Å². The second kappa shape index (κ2) is 6.35. The highest BCUT2D eigenvalue weighted by molar-refractivity contribution is 5.22. The third kappa shape index (κ3) is 4.80. The molecule has 1 aromatic carbocycles. The highest BCUT2D eigenvalue weighted by Crippen LogP contribution is 2.20. The second-order valence-corrected chi connectivity index (χ2v) is 5.93. The zero-order chi connectivity index (χ0) is 13.7. The van der Waals surface area contributed by atoms with Gasteiger partial charge in [0.05, 0.1) is 6.61 Å². The molecule has 0 radical (unpaired) electrons. The molecule has 0 atom stereocenters. The Hall–Kier alpha value is -1.13. The van der Waals surface area contributed by atoms with E-state index in [1.807, 2.05) is 0 Å². The van der Waals surface area contributed by atoms with Crippen LogP contribution in [-0.4, -0.2) is 44.2 Å². The summed E-state index contributed by atoms with van der Waals surface area (Å²) < 4.78 is 18.6. The number of halogens is 1. The monoisotopic (exact) mass is 266 g/mol. The van der Waals surface area contributed by atoms with Crippen LogP contribution in [0.3, 0.4) is 0 Å². The minimum absolute atomic E-state index is 0.0890. The smallest absolute Gasteiger partial charge is 0.123 e. The third-order valence-electron chi connectivity index (χ3n) is 3.30. The number of ether oxygens (including phenoxy) is 1. The average Bonchev–Trinajstić information content (AvgIpc) is 2.39. The van der Waals surface area contributed by atoms with Gasteiger partial charge in [-0.3, -0.25) is 0 Å². The lowest BCUT2D eigenvalue weighted by atomic mass is 9.93. The van der Waals surface area contributed by atoms with Crippen LogP contribution in [0, 0.1) is 11.2 Å². The average molecular weight is 266 g/mol. The molecule has 1 aliphatic heterocycles. The molecule has 4 heteroatoms. The van der Waals surface area contributed by atoms with Crippen LogP contribution >= 0.6 is 0 Å². The predicted molar refractivity (Wildman–Crippen MR) is 75.0 cm³/mol. The number of hydrogen-bond acceptors (Lipinski definition) is 3. The van der Waals surface area contributed by atoms with Gasteiger partial charge in [-0.25, -0.2) is 4.39 Å². The molecule has 0 saturated carbocycles. The Morgan fingerprint density at radius 1 is 1.21 bits per heavy atom. The van der Waals surface area contributed by atoms with E-state index in [1.165, 1.54) is 12.1 Å². The van der Waals surface area contributed by atoms with E-state index in [2.05, 4.69) is 24.1 Å². The minimum Gasteiger partial charge on any atom is -0.493 e. The van der Waals surface area contributed by atoms with Crippen LogP contribution < -0.4 is 10.1 Å². The van der Waals surface area contributed by atoms with Gasteiger partial charge in [-0.05, 0) is 24.3 Å². The number of rotatable bonds is 5. The number of benzene rings is 1. The zero-order valence-electron chi connectivity index (χ0n) is 11.8. The van der Waals surface area contributed by atoms with Gasteiger partial charge < -0.3 is 15.0 Å². The first-order valence-electron chi connectivity index (χ1n) is 6.87. The van der Waals surface area contributed by atoms with Crippen molar-refractivity contribution in [2.75, 3.05) is 39.3 Å². The fourth-order valence-corrected chi connectivity index (χ4v) is 2.33. The first-order chi connectivity index (χ1) is 9.05. The van der Waals surface area contributed by atoms with Crippen molar-refractivity contribution in [1.82, 2.24) is 10.2 Å². The molecule has 2 rings (SSSR count). The molecule has 1 heterocycles. The lowest BCUT2D eigenvalue weighted by molar-refractivity contribution is 0.107. The lowest BCUT2D eigenvalue weighted by Crippen LogP contribution is -2.48. The van der Waals surface area contributed by atoms with Crippen molar-refractivity contribution in [2.45, 2.75) is 13.8 Å². The van der Waals surface area contributed by atoms with Gasteiger partial charge in [-0.2, -0.15) is 0 Å². The largest absolute Gasteiger partial charge is 0.493 e. The van der Waals surface area contributed by atoms with Crippen molar-refractivity contribution in [1.29, 1.82) is 0 Å². The Kier molecular flexibility index (Phi) is 4.77. The molecular weight excluding hydrogens is 243 g/mol. The normalized spacial score (nSPS) is 17.4. The number of nitrogens with zero attached hydrogens (tertiary/aromatic N) is 1. The third-order valence-corrected chi connectivity index (χ3v) is 3.30. The van der Waals surface area contributed by atoms with Crippen molar-refractivity contribution in [2.24, 2.45) is 5.41 Å². The van der Waals surface area contributed by atoms with Crippen LogP contribution in [0.25, 0.3) is 0 Å². The van der Waals surface area contributed by atoms with Crippen molar-refractivity contribution in [3.05, 3.63) is 30.1 Å². The summed E-state index contributed by atoms with van der Waals surface area (Å²) in [6.45, 7) is 10.4. The van der Waals surface area contributed by atoms with Crippen molar-refractivity contribution < 1.29 is 9.13 Å². The van der Waals surface area contributed by atoms with E-state index in [9.17, 15) is 4.39 Å². The van der Waals surface area contributed by atoms with Crippen LogP contribution in [-0.2, 0) is 0 Å². The molecule has 19 heavy (non-hydrogen) atoms. The molecule has 1 saturated heterocycles. The Morgan fingerprint density at radius 2 is 1.84 bits per heavy atom. The zero-order valence-corrected chi connectivity index (χ0v) is 11.8. The van der Waals surface area contributed by atoms with Gasteiger partial charge >= 0.3 is 0 Å². The summed E-state index contributed by atoms with van der Waals surface area (Å²) >= 11 is 0. The number of hydrogen-bond donors (Lipinski definition) is 1. The summed E-state index contributed by atoms with van der Waals surface area (Å²) in [5.74, 6) is 0.502. The molecule has 1 aliphatic rings. The van der Waals surface area contributed by atoms with E-state index in [4.69, 9.17) is 4.74 Å². The fourth-order valence-electron chi connectivity index (χ4n) is 2.33. The Balaban J connectivity index is 1.81. The standard InChI is InChI=1S/C15H23FN2O/c1-15(2,11-18-9-7-17-8-10-18)12-19-14-5-3-13(16)4-6-14/h3-6,17H,7-12H2,1-2H3. The van der Waals surface area contributed by atoms with Crippen LogP contribution in [0.2, 0.25) is 0 Å². The van der Waals surface area contributed by atoms with Gasteiger partial charge in [0.25, 0.3) is 0 Å². The summed E-state index contributed by atoms with van der Waals surface area (Å²) in [4.78, 5) is 2.46. The Bertz CT molecular complexity index is 386. The second-order valence-electron chi connectivity index (χ2n) is 5.93. The molecule has 0 amide bonds. The van der Waals surface area contributed by atoms with Gasteiger partial charge in [0, 0.05) is 38.1 Å². The van der Waals surface area contributed by atoms with Crippen LogP contribution in [0.5, 0.6) is 5.75 Å². The van der Waals surface area contributed by atoms with E-state index >= 15 is 0 Å². The van der Waals surface area contributed by atoms with Crippen molar-refractivity contribution in [3.63, 3.8) is 0 Å². The number of nitrogens with one attached hydrogen (secondary N) is 1. The molecule has 0 unspecified atom stereocenters. The van der Waals surface area contributed by atoms with Gasteiger partial charge in [-0.15, -0.1) is 0 Å². The van der Waals surface area contributed by atoms with Gasteiger partial charge in [0.2, 0.25) is 0 Å². The minimum atomic E-state index is -0.229. The Morgan fingerprint density at radius 3 is 2.47 bits per heavy atom. The first kappa shape index (κ1) is 14.3. The summed E-state index contributed by atoms with van der Waals surface area (Å²) in [6.07, 6.45) is 0. The molecule has 1 N–H and O–H groups in total. The molecule has 1 fully saturated rings. The van der Waals surface area contributed by atoms with Crippen LogP contribution in [0.15, 0.2) is 24.3 Å². The molecular formula is C15H23FN2O. The van der Waals surface area contributed by atoms with E-state index in [0.29, 0.717) is 6.61 Å². The molecule has 0 bridgehead atoms. The van der Waals surface area contributed by atoms with Gasteiger partial charge in [0.15, 0.2) is 0 Å². The SMILES string of the molecule is CC(C)(COc1ccc(F)cc1)CN1CCNCC1. The summed E-state index contributed by atoms with van der Waals surface area (Å²) in [6, 6.07) is 6.21. The Labute approximate surface area is 114 Å². The van der Waals surface area contributed by atoms with Crippen LogP contribution in [0.1, 0.15) is 13.8 Å². The summed E-state index contributed by atoms with van der Waals surface area (Å²) in [5, 5.41) is 3.36. The van der Waals surface area contributed by atoms with E-state index < -0.39 is 0 Å². The molecule has 1 aromatic rings. The molecule has 3 nitrogen and oxygen atoms in total. The molecule has 0 spiro atoms. The van der Waals surface area contributed by atoms with Crippen LogP contribution in [0.4, 0.5) is 4.39 Å². The predicted octanol–water partition coefficient (Wildman–Crippen LogP) is 2.14. The summed E-state index contributed by atoms with van der Waals surface area (Å²) in [5.41, 5.74) is 0.0890. The first-order valence-corrected chi connectivity index (χ1v) is 6.87. The van der Waals surface area contributed by atoms with Crippen molar-refractivity contribution >= 4 is 0 Å². The number of piperazine rings is 1.